The average Bonchev–Trinajstić information content (AvgIpc) is 3.02. The molecule has 0 fully saturated rings. The molecule has 112 valence electrons. The summed E-state index contributed by atoms with van der Waals surface area (Å²) in [5.74, 6) is -0.0833. The number of rotatable bonds is 4. The molecule has 0 bridgehead atoms. The van der Waals surface area contributed by atoms with E-state index in [1.807, 2.05) is 43.5 Å². The fourth-order valence-corrected chi connectivity index (χ4v) is 2.46. The van der Waals surface area contributed by atoms with Gasteiger partial charge in [-0.1, -0.05) is 6.07 Å². The van der Waals surface area contributed by atoms with Gasteiger partial charge in [0.1, 0.15) is 5.65 Å². The number of carbonyl (C=O) groups excluding carboxylic acids is 1. The molecule has 0 aliphatic heterocycles. The van der Waals surface area contributed by atoms with Crippen LogP contribution in [-0.4, -0.2) is 22.9 Å². The van der Waals surface area contributed by atoms with Gasteiger partial charge in [-0.2, -0.15) is 0 Å². The van der Waals surface area contributed by atoms with E-state index in [1.54, 1.807) is 13.2 Å². The van der Waals surface area contributed by atoms with Gasteiger partial charge in [-0.25, -0.2) is 4.98 Å². The maximum atomic E-state index is 11.7. The van der Waals surface area contributed by atoms with E-state index >= 15 is 0 Å². The first kappa shape index (κ1) is 14.1. The van der Waals surface area contributed by atoms with Crippen molar-refractivity contribution in [3.05, 3.63) is 59.4 Å². The molecule has 5 nitrogen and oxygen atoms in total. The number of pyridine rings is 1. The van der Waals surface area contributed by atoms with Crippen LogP contribution in [0.4, 0.5) is 5.69 Å². The highest BCUT2D eigenvalue weighted by atomic mass is 16.1. The van der Waals surface area contributed by atoms with Crippen LogP contribution in [0.1, 0.15) is 21.5 Å². The average molecular weight is 294 g/mol. The van der Waals surface area contributed by atoms with Gasteiger partial charge in [0.15, 0.2) is 0 Å². The second-order valence-electron chi connectivity index (χ2n) is 5.17. The number of fused-ring (bicyclic) bond motifs is 1. The molecule has 0 aliphatic carbocycles. The van der Waals surface area contributed by atoms with Gasteiger partial charge in [-0.05, 0) is 42.3 Å². The minimum absolute atomic E-state index is 0.0833. The number of anilines is 1. The number of aryl methyl sites for hydroxylation is 1. The van der Waals surface area contributed by atoms with E-state index < -0.39 is 0 Å². The molecule has 1 amide bonds. The van der Waals surface area contributed by atoms with Crippen LogP contribution in [0.15, 0.2) is 42.7 Å². The molecule has 0 aliphatic rings. The first-order chi connectivity index (χ1) is 10.7. The minimum atomic E-state index is -0.0833. The molecule has 2 aromatic heterocycles. The summed E-state index contributed by atoms with van der Waals surface area (Å²) < 4.78 is 0. The number of aromatic amines is 1. The van der Waals surface area contributed by atoms with Gasteiger partial charge >= 0.3 is 0 Å². The van der Waals surface area contributed by atoms with Crippen LogP contribution in [0, 0.1) is 6.92 Å². The van der Waals surface area contributed by atoms with Crippen LogP contribution in [-0.2, 0) is 6.54 Å². The number of H-pyrrole nitrogens is 1. The van der Waals surface area contributed by atoms with Crippen molar-refractivity contribution in [1.82, 2.24) is 15.3 Å². The number of nitrogens with zero attached hydrogens (tertiary/aromatic N) is 1. The van der Waals surface area contributed by atoms with Crippen LogP contribution in [0.3, 0.4) is 0 Å². The Balaban J connectivity index is 1.84. The van der Waals surface area contributed by atoms with E-state index in [9.17, 15) is 4.79 Å². The zero-order valence-electron chi connectivity index (χ0n) is 12.6. The molecule has 22 heavy (non-hydrogen) atoms. The summed E-state index contributed by atoms with van der Waals surface area (Å²) in [5, 5.41) is 7.16. The number of nitrogens with one attached hydrogen (secondary N) is 3. The predicted octanol–water partition coefficient (Wildman–Crippen LogP) is 2.84. The summed E-state index contributed by atoms with van der Waals surface area (Å²) in [6.45, 7) is 2.70. The molecular weight excluding hydrogens is 276 g/mol. The van der Waals surface area contributed by atoms with Gasteiger partial charge in [0, 0.05) is 42.6 Å². The Labute approximate surface area is 128 Å². The van der Waals surface area contributed by atoms with Crippen molar-refractivity contribution < 1.29 is 4.79 Å². The highest BCUT2D eigenvalue weighted by molar-refractivity contribution is 5.95. The lowest BCUT2D eigenvalue weighted by molar-refractivity contribution is 0.0963. The Morgan fingerprint density at radius 1 is 1.27 bits per heavy atom. The van der Waals surface area contributed by atoms with Crippen molar-refractivity contribution in [2.24, 2.45) is 0 Å². The van der Waals surface area contributed by atoms with Crippen molar-refractivity contribution in [2.75, 3.05) is 12.4 Å². The summed E-state index contributed by atoms with van der Waals surface area (Å²) in [7, 11) is 1.63. The molecule has 3 N–H and O–H groups in total. The van der Waals surface area contributed by atoms with Crippen molar-refractivity contribution in [2.45, 2.75) is 13.5 Å². The lowest BCUT2D eigenvalue weighted by Crippen LogP contribution is -2.18. The van der Waals surface area contributed by atoms with E-state index in [0.29, 0.717) is 12.1 Å². The molecule has 2 heterocycles. The van der Waals surface area contributed by atoms with Crippen LogP contribution in [0.2, 0.25) is 0 Å². The van der Waals surface area contributed by atoms with Crippen LogP contribution in [0.25, 0.3) is 11.0 Å². The zero-order chi connectivity index (χ0) is 15.5. The summed E-state index contributed by atoms with van der Waals surface area (Å²) in [6, 6.07) is 9.68. The largest absolute Gasteiger partial charge is 0.381 e. The maximum absolute atomic E-state index is 11.7. The SMILES string of the molecule is CNC(=O)c1ccc(C)c(NCc2ccnc3[nH]ccc23)c1. The van der Waals surface area contributed by atoms with E-state index in [-0.39, 0.29) is 5.91 Å². The summed E-state index contributed by atoms with van der Waals surface area (Å²) in [5.41, 5.74) is 4.76. The molecule has 0 unspecified atom stereocenters. The second-order valence-corrected chi connectivity index (χ2v) is 5.17. The van der Waals surface area contributed by atoms with Crippen LogP contribution in [0.5, 0.6) is 0 Å². The molecule has 3 aromatic rings. The number of carbonyl (C=O) groups is 1. The smallest absolute Gasteiger partial charge is 0.251 e. The standard InChI is InChI=1S/C17H18N4O/c1-11-3-4-12(17(22)18-2)9-15(11)21-10-13-5-7-19-16-14(13)6-8-20-16/h3-9,21H,10H2,1-2H3,(H,18,22)(H,19,20). The first-order valence-electron chi connectivity index (χ1n) is 7.16. The third kappa shape index (κ3) is 2.65. The molecule has 0 radical (unpaired) electrons. The molecule has 5 heteroatoms. The van der Waals surface area contributed by atoms with Gasteiger partial charge in [0.05, 0.1) is 0 Å². The number of amides is 1. The lowest BCUT2D eigenvalue weighted by Gasteiger charge is -2.12. The van der Waals surface area contributed by atoms with Gasteiger partial charge in [-0.3, -0.25) is 4.79 Å². The normalized spacial score (nSPS) is 10.6. The number of hydrogen-bond donors (Lipinski definition) is 3. The van der Waals surface area contributed by atoms with Gasteiger partial charge in [0.2, 0.25) is 0 Å². The van der Waals surface area contributed by atoms with E-state index in [2.05, 4.69) is 20.6 Å². The Hall–Kier alpha value is -2.82. The van der Waals surface area contributed by atoms with Crippen molar-refractivity contribution in [3.63, 3.8) is 0 Å². The van der Waals surface area contributed by atoms with Gasteiger partial charge in [-0.15, -0.1) is 0 Å². The number of hydrogen-bond acceptors (Lipinski definition) is 3. The lowest BCUT2D eigenvalue weighted by atomic mass is 10.1. The fraction of sp³-hybridized carbons (Fsp3) is 0.176. The fourth-order valence-electron chi connectivity index (χ4n) is 2.46. The minimum Gasteiger partial charge on any atom is -0.381 e. The topological polar surface area (TPSA) is 69.8 Å². The van der Waals surface area contributed by atoms with Crippen molar-refractivity contribution >= 4 is 22.6 Å². The Kier molecular flexibility index (Phi) is 3.78. The predicted molar refractivity (Wildman–Crippen MR) is 88.0 cm³/mol. The highest BCUT2D eigenvalue weighted by Crippen LogP contribution is 2.20. The molecular formula is C17H18N4O. The second kappa shape index (κ2) is 5.89. The Morgan fingerprint density at radius 3 is 2.95 bits per heavy atom. The molecule has 0 spiro atoms. The molecule has 0 saturated carbocycles. The third-order valence-corrected chi connectivity index (χ3v) is 3.75. The summed E-state index contributed by atoms with van der Waals surface area (Å²) in [6.07, 6.45) is 3.68. The monoisotopic (exact) mass is 294 g/mol. The van der Waals surface area contributed by atoms with Crippen molar-refractivity contribution in [3.8, 4) is 0 Å². The van der Waals surface area contributed by atoms with Gasteiger partial charge < -0.3 is 15.6 Å². The van der Waals surface area contributed by atoms with Gasteiger partial charge in [0.25, 0.3) is 5.91 Å². The quantitative estimate of drug-likeness (QED) is 0.693. The summed E-state index contributed by atoms with van der Waals surface area (Å²) in [4.78, 5) is 19.1. The van der Waals surface area contributed by atoms with Crippen LogP contribution < -0.4 is 10.6 Å². The number of benzene rings is 1. The Morgan fingerprint density at radius 2 is 2.14 bits per heavy atom. The van der Waals surface area contributed by atoms with E-state index in [0.717, 1.165) is 27.8 Å². The van der Waals surface area contributed by atoms with Crippen molar-refractivity contribution in [1.29, 1.82) is 0 Å². The van der Waals surface area contributed by atoms with E-state index in [1.165, 1.54) is 0 Å². The molecule has 3 rings (SSSR count). The third-order valence-electron chi connectivity index (χ3n) is 3.75. The Bertz CT molecular complexity index is 822. The molecule has 0 saturated heterocycles. The maximum Gasteiger partial charge on any atom is 0.251 e. The van der Waals surface area contributed by atoms with Crippen LogP contribution >= 0.6 is 0 Å². The first-order valence-corrected chi connectivity index (χ1v) is 7.16. The molecule has 0 atom stereocenters. The summed E-state index contributed by atoms with van der Waals surface area (Å²) >= 11 is 0. The highest BCUT2D eigenvalue weighted by Gasteiger charge is 2.07. The number of aromatic nitrogens is 2. The van der Waals surface area contributed by atoms with E-state index in [4.69, 9.17) is 0 Å². The zero-order valence-corrected chi connectivity index (χ0v) is 12.6. The molecule has 1 aromatic carbocycles.